The standard InChI is InChI=1S/C16H15N3O2/c1-12-9-15-16(21)18(7-8-19(15)17-12)11-14(20)10-13-5-3-2-4-6-13/h2-9H,10-11H2,1H3. The summed E-state index contributed by atoms with van der Waals surface area (Å²) >= 11 is 0. The Bertz CT molecular complexity index is 847. The number of ketones is 1. The molecule has 2 aromatic heterocycles. The van der Waals surface area contributed by atoms with Gasteiger partial charge in [0.05, 0.1) is 12.2 Å². The fourth-order valence-corrected chi connectivity index (χ4v) is 2.34. The first kappa shape index (κ1) is 13.3. The van der Waals surface area contributed by atoms with E-state index in [4.69, 9.17) is 0 Å². The lowest BCUT2D eigenvalue weighted by molar-refractivity contribution is -0.119. The number of aryl methyl sites for hydroxylation is 1. The van der Waals surface area contributed by atoms with Crippen LogP contribution in [-0.4, -0.2) is 20.0 Å². The molecule has 0 saturated carbocycles. The number of Topliss-reactive ketones (excluding diaryl/α,β-unsaturated/α-hetero) is 1. The smallest absolute Gasteiger partial charge is 0.276 e. The highest BCUT2D eigenvalue weighted by molar-refractivity contribution is 5.80. The van der Waals surface area contributed by atoms with Gasteiger partial charge in [0.25, 0.3) is 5.56 Å². The molecule has 3 rings (SSSR count). The Kier molecular flexibility index (Phi) is 3.39. The zero-order chi connectivity index (χ0) is 14.8. The molecule has 0 unspecified atom stereocenters. The summed E-state index contributed by atoms with van der Waals surface area (Å²) in [5, 5.41) is 4.18. The second kappa shape index (κ2) is 5.36. The molecule has 5 nitrogen and oxygen atoms in total. The van der Waals surface area contributed by atoms with E-state index in [1.54, 1.807) is 18.5 Å². The lowest BCUT2D eigenvalue weighted by Crippen LogP contribution is -2.25. The van der Waals surface area contributed by atoms with Gasteiger partial charge in [0.15, 0.2) is 5.78 Å². The first-order chi connectivity index (χ1) is 10.1. The monoisotopic (exact) mass is 281 g/mol. The summed E-state index contributed by atoms with van der Waals surface area (Å²) in [6.07, 6.45) is 3.63. The average Bonchev–Trinajstić information content (AvgIpc) is 2.85. The number of carbonyl (C=O) groups excluding carboxylic acids is 1. The van der Waals surface area contributed by atoms with E-state index >= 15 is 0 Å². The molecule has 0 amide bonds. The fourth-order valence-electron chi connectivity index (χ4n) is 2.34. The number of nitrogens with zero attached hydrogens (tertiary/aromatic N) is 3. The lowest BCUT2D eigenvalue weighted by atomic mass is 10.1. The van der Waals surface area contributed by atoms with Crippen LogP contribution in [-0.2, 0) is 17.8 Å². The molecule has 0 saturated heterocycles. The van der Waals surface area contributed by atoms with E-state index in [0.717, 1.165) is 11.3 Å². The number of hydrogen-bond donors (Lipinski definition) is 0. The van der Waals surface area contributed by atoms with Crippen molar-refractivity contribution in [3.63, 3.8) is 0 Å². The van der Waals surface area contributed by atoms with Crippen molar-refractivity contribution in [3.05, 3.63) is 70.4 Å². The summed E-state index contributed by atoms with van der Waals surface area (Å²) in [4.78, 5) is 24.4. The average molecular weight is 281 g/mol. The van der Waals surface area contributed by atoms with E-state index in [1.807, 2.05) is 37.3 Å². The van der Waals surface area contributed by atoms with Crippen LogP contribution in [0.1, 0.15) is 11.3 Å². The highest BCUT2D eigenvalue weighted by atomic mass is 16.1. The van der Waals surface area contributed by atoms with Gasteiger partial charge in [-0.05, 0) is 18.6 Å². The third-order valence-corrected chi connectivity index (χ3v) is 3.32. The predicted octanol–water partition coefficient (Wildman–Crippen LogP) is 1.62. The third-order valence-electron chi connectivity index (χ3n) is 3.32. The normalized spacial score (nSPS) is 10.9. The number of fused-ring (bicyclic) bond motifs is 1. The van der Waals surface area contributed by atoms with Crippen molar-refractivity contribution in [1.29, 1.82) is 0 Å². The van der Waals surface area contributed by atoms with Gasteiger partial charge in [0, 0.05) is 18.8 Å². The molecule has 0 aliphatic carbocycles. The van der Waals surface area contributed by atoms with E-state index < -0.39 is 0 Å². The van der Waals surface area contributed by atoms with Crippen molar-refractivity contribution in [1.82, 2.24) is 14.2 Å². The van der Waals surface area contributed by atoms with Gasteiger partial charge < -0.3 is 4.57 Å². The number of carbonyl (C=O) groups is 1. The minimum atomic E-state index is -0.195. The van der Waals surface area contributed by atoms with Crippen LogP contribution < -0.4 is 5.56 Å². The highest BCUT2D eigenvalue weighted by Gasteiger charge is 2.09. The summed E-state index contributed by atoms with van der Waals surface area (Å²) in [6, 6.07) is 11.2. The van der Waals surface area contributed by atoms with E-state index in [-0.39, 0.29) is 17.9 Å². The van der Waals surface area contributed by atoms with E-state index in [9.17, 15) is 9.59 Å². The molecule has 3 aromatic rings. The Hall–Kier alpha value is -2.69. The molecule has 0 atom stereocenters. The molecular weight excluding hydrogens is 266 g/mol. The molecule has 0 aliphatic rings. The van der Waals surface area contributed by atoms with Crippen LogP contribution in [0.4, 0.5) is 0 Å². The van der Waals surface area contributed by atoms with Crippen molar-refractivity contribution in [3.8, 4) is 0 Å². The SMILES string of the molecule is Cc1cc2c(=O)n(CC(=O)Cc3ccccc3)ccn2n1. The zero-order valence-corrected chi connectivity index (χ0v) is 11.7. The maximum Gasteiger partial charge on any atom is 0.276 e. The molecule has 0 fully saturated rings. The summed E-state index contributed by atoms with van der Waals surface area (Å²) in [5.41, 5.74) is 2.03. The Morgan fingerprint density at radius 1 is 1.19 bits per heavy atom. The maximum atomic E-state index is 12.3. The van der Waals surface area contributed by atoms with Crippen LogP contribution in [0.5, 0.6) is 0 Å². The first-order valence-electron chi connectivity index (χ1n) is 6.74. The van der Waals surface area contributed by atoms with Crippen molar-refractivity contribution in [2.45, 2.75) is 19.9 Å². The summed E-state index contributed by atoms with van der Waals surface area (Å²) in [7, 11) is 0. The van der Waals surface area contributed by atoms with Gasteiger partial charge in [-0.25, -0.2) is 4.52 Å². The third kappa shape index (κ3) is 2.76. The van der Waals surface area contributed by atoms with Crippen LogP contribution in [0.2, 0.25) is 0 Å². The fraction of sp³-hybridized carbons (Fsp3) is 0.188. The number of rotatable bonds is 4. The van der Waals surface area contributed by atoms with E-state index in [1.165, 1.54) is 9.08 Å². The molecule has 1 aromatic carbocycles. The number of hydrogen-bond acceptors (Lipinski definition) is 3. The van der Waals surface area contributed by atoms with Crippen LogP contribution in [0, 0.1) is 6.92 Å². The van der Waals surface area contributed by atoms with Crippen LogP contribution in [0.25, 0.3) is 5.52 Å². The van der Waals surface area contributed by atoms with Crippen molar-refractivity contribution < 1.29 is 4.79 Å². The van der Waals surface area contributed by atoms with Crippen LogP contribution in [0.15, 0.2) is 53.6 Å². The topological polar surface area (TPSA) is 56.4 Å². The number of aromatic nitrogens is 3. The van der Waals surface area contributed by atoms with Gasteiger partial charge in [-0.3, -0.25) is 9.59 Å². The number of benzene rings is 1. The molecule has 106 valence electrons. The van der Waals surface area contributed by atoms with Crippen molar-refractivity contribution in [2.75, 3.05) is 0 Å². The van der Waals surface area contributed by atoms with Crippen molar-refractivity contribution in [2.24, 2.45) is 0 Å². The maximum absolute atomic E-state index is 12.3. The highest BCUT2D eigenvalue weighted by Crippen LogP contribution is 2.03. The predicted molar refractivity (Wildman–Crippen MR) is 79.3 cm³/mol. The van der Waals surface area contributed by atoms with Gasteiger partial charge in [-0.2, -0.15) is 5.10 Å². The summed E-state index contributed by atoms with van der Waals surface area (Å²) in [5.74, 6) is 0.00360. The van der Waals surface area contributed by atoms with Crippen LogP contribution in [0.3, 0.4) is 0 Å². The Morgan fingerprint density at radius 3 is 2.71 bits per heavy atom. The second-order valence-corrected chi connectivity index (χ2v) is 5.05. The summed E-state index contributed by atoms with van der Waals surface area (Å²) in [6.45, 7) is 1.91. The summed E-state index contributed by atoms with van der Waals surface area (Å²) < 4.78 is 2.97. The van der Waals surface area contributed by atoms with E-state index in [0.29, 0.717) is 11.9 Å². The minimum absolute atomic E-state index is 0.00360. The quantitative estimate of drug-likeness (QED) is 0.730. The Morgan fingerprint density at radius 2 is 1.95 bits per heavy atom. The molecule has 5 heteroatoms. The minimum Gasteiger partial charge on any atom is -0.305 e. The second-order valence-electron chi connectivity index (χ2n) is 5.05. The molecule has 2 heterocycles. The van der Waals surface area contributed by atoms with Gasteiger partial charge in [-0.1, -0.05) is 30.3 Å². The first-order valence-corrected chi connectivity index (χ1v) is 6.74. The Balaban J connectivity index is 1.83. The Labute approximate surface area is 121 Å². The molecule has 0 radical (unpaired) electrons. The molecule has 0 bridgehead atoms. The zero-order valence-electron chi connectivity index (χ0n) is 11.7. The molecule has 0 N–H and O–H groups in total. The van der Waals surface area contributed by atoms with Gasteiger partial charge >= 0.3 is 0 Å². The molecular formula is C16H15N3O2. The lowest BCUT2D eigenvalue weighted by Gasteiger charge is -2.05. The van der Waals surface area contributed by atoms with Crippen molar-refractivity contribution >= 4 is 11.3 Å². The molecule has 21 heavy (non-hydrogen) atoms. The largest absolute Gasteiger partial charge is 0.305 e. The molecule has 0 spiro atoms. The van der Waals surface area contributed by atoms with Gasteiger partial charge in [-0.15, -0.1) is 0 Å². The molecule has 0 aliphatic heterocycles. The van der Waals surface area contributed by atoms with E-state index in [2.05, 4.69) is 5.10 Å². The van der Waals surface area contributed by atoms with Gasteiger partial charge in [0.2, 0.25) is 0 Å². The van der Waals surface area contributed by atoms with Gasteiger partial charge in [0.1, 0.15) is 5.52 Å². The van der Waals surface area contributed by atoms with Crippen LogP contribution >= 0.6 is 0 Å².